The highest BCUT2D eigenvalue weighted by atomic mass is 19.4. The summed E-state index contributed by atoms with van der Waals surface area (Å²) in [5.41, 5.74) is 2.58. The lowest BCUT2D eigenvalue weighted by atomic mass is 9.95. The summed E-state index contributed by atoms with van der Waals surface area (Å²) in [5.74, 6) is 0.494. The summed E-state index contributed by atoms with van der Waals surface area (Å²) in [6, 6.07) is 15.6. The van der Waals surface area contributed by atoms with Gasteiger partial charge in [-0.15, -0.1) is 13.2 Å². The molecule has 4 aromatic rings. The quantitative estimate of drug-likeness (QED) is 0.366. The Bertz CT molecular complexity index is 1420. The zero-order valence-corrected chi connectivity index (χ0v) is 20.5. The molecule has 1 N–H and O–H groups in total. The van der Waals surface area contributed by atoms with Crippen LogP contribution in [-0.4, -0.2) is 45.1 Å². The van der Waals surface area contributed by atoms with Gasteiger partial charge in [-0.05, 0) is 61.7 Å². The Balaban J connectivity index is 1.22. The molecule has 5 rings (SSSR count). The molecule has 38 heavy (non-hydrogen) atoms. The number of amides is 1. The maximum absolute atomic E-state index is 12.9. The Morgan fingerprint density at radius 3 is 2.61 bits per heavy atom. The van der Waals surface area contributed by atoms with E-state index in [1.165, 1.54) is 12.1 Å². The standard InChI is InChI=1S/C27H25F3N6O2/c1-18-14-21(17-23(15-18)38-27(28,29)30)33-26(37)19-7-12-35(13-8-19)24-6-10-31-25(34-24)20-4-2-5-22(16-20)36-11-3-9-32-36/h2-6,9-11,14-17,19H,7-8,12-13H2,1H3,(H,33,37). The van der Waals surface area contributed by atoms with Crippen molar-refractivity contribution in [3.63, 3.8) is 0 Å². The predicted octanol–water partition coefficient (Wildman–Crippen LogP) is 5.39. The monoisotopic (exact) mass is 522 g/mol. The molecule has 11 heteroatoms. The van der Waals surface area contributed by atoms with E-state index in [-0.39, 0.29) is 23.3 Å². The van der Waals surface area contributed by atoms with Gasteiger partial charge in [0.15, 0.2) is 5.82 Å². The van der Waals surface area contributed by atoms with Gasteiger partial charge in [0.25, 0.3) is 0 Å². The molecule has 1 amide bonds. The summed E-state index contributed by atoms with van der Waals surface area (Å²) in [6.45, 7) is 2.86. The van der Waals surface area contributed by atoms with Gasteiger partial charge >= 0.3 is 6.36 Å². The number of nitrogens with one attached hydrogen (secondary N) is 1. The predicted molar refractivity (Wildman–Crippen MR) is 136 cm³/mol. The minimum Gasteiger partial charge on any atom is -0.406 e. The summed E-state index contributed by atoms with van der Waals surface area (Å²) < 4.78 is 43.6. The molecule has 0 radical (unpaired) electrons. The second-order valence-corrected chi connectivity index (χ2v) is 9.07. The number of benzene rings is 2. The van der Waals surface area contributed by atoms with E-state index < -0.39 is 6.36 Å². The minimum absolute atomic E-state index is 0.230. The molecule has 1 aliphatic heterocycles. The highest BCUT2D eigenvalue weighted by Crippen LogP contribution is 2.29. The highest BCUT2D eigenvalue weighted by Gasteiger charge is 2.31. The maximum atomic E-state index is 12.9. The van der Waals surface area contributed by atoms with E-state index in [4.69, 9.17) is 4.98 Å². The summed E-state index contributed by atoms with van der Waals surface area (Å²) in [5, 5.41) is 7.01. The fourth-order valence-corrected chi connectivity index (χ4v) is 4.50. The molecule has 0 bridgehead atoms. The largest absolute Gasteiger partial charge is 0.573 e. The number of hydrogen-bond donors (Lipinski definition) is 1. The van der Waals surface area contributed by atoms with Crippen molar-refractivity contribution in [1.82, 2.24) is 19.7 Å². The molecule has 2 aromatic carbocycles. The Labute approximate surface area is 217 Å². The molecule has 1 saturated heterocycles. The molecule has 3 heterocycles. The summed E-state index contributed by atoms with van der Waals surface area (Å²) >= 11 is 0. The van der Waals surface area contributed by atoms with Gasteiger partial charge in [0.2, 0.25) is 5.91 Å². The Morgan fingerprint density at radius 1 is 1.05 bits per heavy atom. The van der Waals surface area contributed by atoms with Gasteiger partial charge in [-0.25, -0.2) is 14.6 Å². The van der Waals surface area contributed by atoms with Crippen molar-refractivity contribution >= 4 is 17.4 Å². The van der Waals surface area contributed by atoms with Crippen LogP contribution in [0.1, 0.15) is 18.4 Å². The first-order chi connectivity index (χ1) is 18.2. The topological polar surface area (TPSA) is 85.2 Å². The van der Waals surface area contributed by atoms with E-state index in [2.05, 4.69) is 25.0 Å². The third kappa shape index (κ3) is 6.10. The maximum Gasteiger partial charge on any atom is 0.573 e. The van der Waals surface area contributed by atoms with Gasteiger partial charge in [-0.1, -0.05) is 12.1 Å². The van der Waals surface area contributed by atoms with Crippen LogP contribution in [-0.2, 0) is 4.79 Å². The molecular weight excluding hydrogens is 497 g/mol. The van der Waals surface area contributed by atoms with Crippen molar-refractivity contribution in [3.05, 3.63) is 78.8 Å². The lowest BCUT2D eigenvalue weighted by Gasteiger charge is -2.32. The number of carbonyl (C=O) groups excluding carboxylic acids is 1. The van der Waals surface area contributed by atoms with E-state index >= 15 is 0 Å². The van der Waals surface area contributed by atoms with E-state index in [1.54, 1.807) is 30.1 Å². The number of hydrogen-bond acceptors (Lipinski definition) is 6. The van der Waals surface area contributed by atoms with E-state index in [1.807, 2.05) is 42.6 Å². The third-order valence-corrected chi connectivity index (χ3v) is 6.26. The van der Waals surface area contributed by atoms with Crippen molar-refractivity contribution in [2.24, 2.45) is 5.92 Å². The van der Waals surface area contributed by atoms with Crippen molar-refractivity contribution < 1.29 is 22.7 Å². The Morgan fingerprint density at radius 2 is 1.87 bits per heavy atom. The number of alkyl halides is 3. The fraction of sp³-hybridized carbons (Fsp3) is 0.259. The first kappa shape index (κ1) is 25.2. The van der Waals surface area contributed by atoms with Gasteiger partial charge in [0.1, 0.15) is 11.6 Å². The molecule has 1 fully saturated rings. The Kier molecular flexibility index (Phi) is 6.99. The molecule has 0 aliphatic carbocycles. The lowest BCUT2D eigenvalue weighted by molar-refractivity contribution is -0.274. The molecule has 0 spiro atoms. The van der Waals surface area contributed by atoms with E-state index in [9.17, 15) is 18.0 Å². The van der Waals surface area contributed by atoms with Crippen molar-refractivity contribution in [2.75, 3.05) is 23.3 Å². The highest BCUT2D eigenvalue weighted by molar-refractivity contribution is 5.93. The fourth-order valence-electron chi connectivity index (χ4n) is 4.50. The molecule has 2 aromatic heterocycles. The van der Waals surface area contributed by atoms with Crippen LogP contribution in [0.15, 0.2) is 73.2 Å². The van der Waals surface area contributed by atoms with Gasteiger partial charge < -0.3 is 15.0 Å². The van der Waals surface area contributed by atoms with Crippen LogP contribution < -0.4 is 15.0 Å². The van der Waals surface area contributed by atoms with Gasteiger partial charge in [-0.3, -0.25) is 4.79 Å². The summed E-state index contributed by atoms with van der Waals surface area (Å²) in [7, 11) is 0. The average Bonchev–Trinajstić information content (AvgIpc) is 3.43. The molecule has 1 aliphatic rings. The number of rotatable bonds is 6. The molecule has 0 saturated carbocycles. The van der Waals surface area contributed by atoms with Crippen LogP contribution >= 0.6 is 0 Å². The van der Waals surface area contributed by atoms with Crippen molar-refractivity contribution in [3.8, 4) is 22.8 Å². The number of halogens is 3. The third-order valence-electron chi connectivity index (χ3n) is 6.26. The van der Waals surface area contributed by atoms with Crippen LogP contribution in [0.3, 0.4) is 0 Å². The van der Waals surface area contributed by atoms with E-state index in [0.29, 0.717) is 37.3 Å². The lowest BCUT2D eigenvalue weighted by Crippen LogP contribution is -2.38. The molecule has 0 unspecified atom stereocenters. The zero-order valence-electron chi connectivity index (χ0n) is 20.5. The van der Waals surface area contributed by atoms with Gasteiger partial charge in [0.05, 0.1) is 5.69 Å². The van der Waals surface area contributed by atoms with Gasteiger partial charge in [0, 0.05) is 54.9 Å². The van der Waals surface area contributed by atoms with E-state index in [0.717, 1.165) is 17.1 Å². The number of piperidine rings is 1. The average molecular weight is 523 g/mol. The second-order valence-electron chi connectivity index (χ2n) is 9.07. The first-order valence-electron chi connectivity index (χ1n) is 12.1. The Hall–Kier alpha value is -4.41. The van der Waals surface area contributed by atoms with Crippen LogP contribution in [0.2, 0.25) is 0 Å². The summed E-state index contributed by atoms with van der Waals surface area (Å²) in [6.07, 6.45) is 1.66. The van der Waals surface area contributed by atoms with Crippen LogP contribution in [0.25, 0.3) is 17.1 Å². The number of ether oxygens (including phenoxy) is 1. The number of nitrogens with zero attached hydrogens (tertiary/aromatic N) is 5. The molecule has 0 atom stereocenters. The molecule has 8 nitrogen and oxygen atoms in total. The van der Waals surface area contributed by atoms with Crippen LogP contribution in [0, 0.1) is 12.8 Å². The van der Waals surface area contributed by atoms with Crippen LogP contribution in [0.4, 0.5) is 24.7 Å². The SMILES string of the molecule is Cc1cc(NC(=O)C2CCN(c3ccnc(-c4cccc(-n5cccn5)c4)n3)CC2)cc(OC(F)(F)F)c1. The number of aromatic nitrogens is 4. The number of aryl methyl sites for hydroxylation is 1. The number of carbonyl (C=O) groups is 1. The zero-order chi connectivity index (χ0) is 26.7. The normalized spacial score (nSPS) is 14.4. The molecular formula is C27H25F3N6O2. The minimum atomic E-state index is -4.80. The van der Waals surface area contributed by atoms with Crippen LogP contribution in [0.5, 0.6) is 5.75 Å². The number of anilines is 2. The van der Waals surface area contributed by atoms with Crippen molar-refractivity contribution in [2.45, 2.75) is 26.1 Å². The molecule has 196 valence electrons. The van der Waals surface area contributed by atoms with Gasteiger partial charge in [-0.2, -0.15) is 5.10 Å². The first-order valence-corrected chi connectivity index (χ1v) is 12.1. The summed E-state index contributed by atoms with van der Waals surface area (Å²) in [4.78, 5) is 24.2. The second kappa shape index (κ2) is 10.5. The smallest absolute Gasteiger partial charge is 0.406 e. The van der Waals surface area contributed by atoms with Crippen molar-refractivity contribution in [1.29, 1.82) is 0 Å².